The van der Waals surface area contributed by atoms with Crippen LogP contribution in [0.25, 0.3) is 22.6 Å². The number of benzene rings is 1. The van der Waals surface area contributed by atoms with Gasteiger partial charge in [-0.15, -0.1) is 0 Å². The Balaban J connectivity index is 1.72. The monoisotopic (exact) mass is 425 g/mol. The SMILES string of the molecule is CCS(=O)(=O)c1ccc(Oc2cc3[nH]c(-c4cnccn4)nc3cc2C(=O)O)cn1. The molecular formula is C19H15N5O5S. The van der Waals surface area contributed by atoms with E-state index in [4.69, 9.17) is 4.74 Å². The van der Waals surface area contributed by atoms with Gasteiger partial charge in [0, 0.05) is 18.5 Å². The van der Waals surface area contributed by atoms with Crippen LogP contribution in [0.3, 0.4) is 0 Å². The first kappa shape index (κ1) is 19.5. The van der Waals surface area contributed by atoms with Crippen molar-refractivity contribution in [3.63, 3.8) is 0 Å². The quantitative estimate of drug-likeness (QED) is 0.475. The summed E-state index contributed by atoms with van der Waals surface area (Å²) in [7, 11) is -3.45. The summed E-state index contributed by atoms with van der Waals surface area (Å²) in [5, 5.41) is 9.50. The molecule has 0 saturated carbocycles. The number of nitrogens with zero attached hydrogens (tertiary/aromatic N) is 4. The fraction of sp³-hybridized carbons (Fsp3) is 0.105. The maximum absolute atomic E-state index is 11.9. The zero-order valence-corrected chi connectivity index (χ0v) is 16.4. The Morgan fingerprint density at radius 2 is 2.00 bits per heavy atom. The molecule has 0 aliphatic rings. The van der Waals surface area contributed by atoms with Gasteiger partial charge in [-0.3, -0.25) is 4.98 Å². The molecule has 0 aliphatic carbocycles. The van der Waals surface area contributed by atoms with Gasteiger partial charge in [0.15, 0.2) is 20.7 Å². The highest BCUT2D eigenvalue weighted by Gasteiger charge is 2.18. The second-order valence-corrected chi connectivity index (χ2v) is 8.41. The summed E-state index contributed by atoms with van der Waals surface area (Å²) in [4.78, 5) is 31.2. The molecule has 3 heterocycles. The van der Waals surface area contributed by atoms with Crippen molar-refractivity contribution in [1.82, 2.24) is 24.9 Å². The number of aromatic nitrogens is 5. The molecule has 0 radical (unpaired) electrons. The number of hydrogen-bond donors (Lipinski definition) is 2. The molecule has 0 atom stereocenters. The summed E-state index contributed by atoms with van der Waals surface area (Å²) in [5.41, 5.74) is 1.35. The van der Waals surface area contributed by atoms with E-state index in [9.17, 15) is 18.3 Å². The maximum atomic E-state index is 11.9. The second kappa shape index (κ2) is 7.52. The van der Waals surface area contributed by atoms with Crippen LogP contribution in [0.5, 0.6) is 11.5 Å². The van der Waals surface area contributed by atoms with Gasteiger partial charge in [-0.25, -0.2) is 28.2 Å². The molecule has 0 amide bonds. The first-order valence-electron chi connectivity index (χ1n) is 8.77. The molecule has 0 saturated heterocycles. The largest absolute Gasteiger partial charge is 0.478 e. The number of imidazole rings is 1. The maximum Gasteiger partial charge on any atom is 0.339 e. The number of sulfone groups is 1. The van der Waals surface area contributed by atoms with E-state index in [1.54, 1.807) is 0 Å². The number of H-pyrrole nitrogens is 1. The third-order valence-corrected chi connectivity index (χ3v) is 5.89. The molecule has 0 unspecified atom stereocenters. The lowest BCUT2D eigenvalue weighted by atomic mass is 10.2. The van der Waals surface area contributed by atoms with Crippen LogP contribution in [-0.4, -0.2) is 50.2 Å². The van der Waals surface area contributed by atoms with Gasteiger partial charge in [-0.05, 0) is 18.2 Å². The molecule has 0 bridgehead atoms. The highest BCUT2D eigenvalue weighted by atomic mass is 32.2. The Bertz CT molecular complexity index is 1340. The van der Waals surface area contributed by atoms with Crippen LogP contribution in [0, 0.1) is 0 Å². The Hall–Kier alpha value is -3.86. The minimum Gasteiger partial charge on any atom is -0.478 e. The molecule has 0 aliphatic heterocycles. The van der Waals surface area contributed by atoms with E-state index >= 15 is 0 Å². The number of pyridine rings is 1. The Morgan fingerprint density at radius 1 is 1.17 bits per heavy atom. The number of fused-ring (bicyclic) bond motifs is 1. The van der Waals surface area contributed by atoms with Crippen molar-refractivity contribution in [2.45, 2.75) is 11.9 Å². The number of hydrogen-bond acceptors (Lipinski definition) is 8. The van der Waals surface area contributed by atoms with Crippen molar-refractivity contribution in [2.75, 3.05) is 5.75 Å². The normalized spacial score (nSPS) is 11.5. The van der Waals surface area contributed by atoms with Crippen LogP contribution >= 0.6 is 0 Å². The summed E-state index contributed by atoms with van der Waals surface area (Å²) >= 11 is 0. The van der Waals surface area contributed by atoms with Crippen molar-refractivity contribution in [3.05, 3.63) is 54.6 Å². The van der Waals surface area contributed by atoms with Gasteiger partial charge < -0.3 is 14.8 Å². The number of carboxylic acids is 1. The number of aromatic amines is 1. The summed E-state index contributed by atoms with van der Waals surface area (Å²) in [6.07, 6.45) is 5.82. The lowest BCUT2D eigenvalue weighted by molar-refractivity contribution is 0.0694. The lowest BCUT2D eigenvalue weighted by Gasteiger charge is -2.09. The molecule has 152 valence electrons. The summed E-state index contributed by atoms with van der Waals surface area (Å²) in [5.74, 6) is -0.595. The van der Waals surface area contributed by atoms with E-state index in [1.165, 1.54) is 56.0 Å². The topological polar surface area (TPSA) is 148 Å². The third-order valence-electron chi connectivity index (χ3n) is 4.26. The van der Waals surface area contributed by atoms with Crippen LogP contribution in [0.4, 0.5) is 0 Å². The van der Waals surface area contributed by atoms with Crippen molar-refractivity contribution >= 4 is 26.8 Å². The number of rotatable bonds is 6. The standard InChI is InChI=1S/C19H15N5O5S/c1-2-30(27,28)17-4-3-11(9-22-17)29-16-8-14-13(7-12(16)19(25)26)23-18(24-14)15-10-20-5-6-21-15/h3-10H,2H2,1H3,(H,23,24)(H,25,26). The number of ether oxygens (including phenoxy) is 1. The van der Waals surface area contributed by atoms with Gasteiger partial charge in [0.05, 0.1) is 29.2 Å². The first-order valence-corrected chi connectivity index (χ1v) is 10.4. The highest BCUT2D eigenvalue weighted by Crippen LogP contribution is 2.30. The molecule has 10 nitrogen and oxygen atoms in total. The zero-order chi connectivity index (χ0) is 21.3. The molecule has 1 aromatic carbocycles. The molecule has 3 aromatic heterocycles. The number of aromatic carboxylic acids is 1. The second-order valence-electron chi connectivity index (χ2n) is 6.18. The Labute approximate surface area is 170 Å². The predicted octanol–water partition coefficient (Wildman–Crippen LogP) is 2.70. The van der Waals surface area contributed by atoms with Crippen LogP contribution in [-0.2, 0) is 9.84 Å². The minimum atomic E-state index is -3.45. The molecular weight excluding hydrogens is 410 g/mol. The summed E-state index contributed by atoms with van der Waals surface area (Å²) in [6.45, 7) is 1.52. The van der Waals surface area contributed by atoms with Gasteiger partial charge in [-0.1, -0.05) is 6.92 Å². The number of carboxylic acid groups (broad SMARTS) is 1. The first-order chi connectivity index (χ1) is 14.4. The van der Waals surface area contributed by atoms with Crippen LogP contribution < -0.4 is 4.74 Å². The number of nitrogens with one attached hydrogen (secondary N) is 1. The Kier molecular flexibility index (Phi) is 4.88. The smallest absolute Gasteiger partial charge is 0.339 e. The van der Waals surface area contributed by atoms with Gasteiger partial charge in [-0.2, -0.15) is 0 Å². The van der Waals surface area contributed by atoms with Gasteiger partial charge >= 0.3 is 5.97 Å². The third kappa shape index (κ3) is 3.70. The van der Waals surface area contributed by atoms with Crippen LogP contribution in [0.15, 0.2) is 54.1 Å². The van der Waals surface area contributed by atoms with Crippen molar-refractivity contribution in [1.29, 1.82) is 0 Å². The van der Waals surface area contributed by atoms with E-state index in [0.717, 1.165) is 0 Å². The van der Waals surface area contributed by atoms with Crippen molar-refractivity contribution < 1.29 is 23.1 Å². The van der Waals surface area contributed by atoms with E-state index < -0.39 is 15.8 Å². The van der Waals surface area contributed by atoms with E-state index in [-0.39, 0.29) is 27.8 Å². The van der Waals surface area contributed by atoms with Gasteiger partial charge in [0.1, 0.15) is 22.8 Å². The molecule has 0 fully saturated rings. The van der Waals surface area contributed by atoms with Crippen molar-refractivity contribution in [2.24, 2.45) is 0 Å². The minimum absolute atomic E-state index is 0.0530. The Morgan fingerprint density at radius 3 is 2.63 bits per heavy atom. The number of carbonyl (C=O) groups is 1. The predicted molar refractivity (Wildman–Crippen MR) is 106 cm³/mol. The van der Waals surface area contributed by atoms with Gasteiger partial charge in [0.2, 0.25) is 0 Å². The van der Waals surface area contributed by atoms with Crippen molar-refractivity contribution in [3.8, 4) is 23.0 Å². The lowest BCUT2D eigenvalue weighted by Crippen LogP contribution is -2.06. The van der Waals surface area contributed by atoms with E-state index in [0.29, 0.717) is 22.6 Å². The summed E-state index contributed by atoms with van der Waals surface area (Å²) < 4.78 is 29.4. The van der Waals surface area contributed by atoms with Crippen LogP contribution in [0.1, 0.15) is 17.3 Å². The fourth-order valence-corrected chi connectivity index (χ4v) is 3.50. The summed E-state index contributed by atoms with van der Waals surface area (Å²) in [6, 6.07) is 5.62. The van der Waals surface area contributed by atoms with E-state index in [1.807, 2.05) is 0 Å². The molecule has 4 rings (SSSR count). The van der Waals surface area contributed by atoms with Crippen LogP contribution in [0.2, 0.25) is 0 Å². The molecule has 0 spiro atoms. The fourth-order valence-electron chi connectivity index (χ4n) is 2.72. The average Bonchev–Trinajstić information content (AvgIpc) is 3.17. The molecule has 4 aromatic rings. The van der Waals surface area contributed by atoms with E-state index in [2.05, 4.69) is 24.9 Å². The molecule has 30 heavy (non-hydrogen) atoms. The molecule has 2 N–H and O–H groups in total. The average molecular weight is 425 g/mol. The molecule has 11 heteroatoms. The zero-order valence-electron chi connectivity index (χ0n) is 15.6. The highest BCUT2D eigenvalue weighted by molar-refractivity contribution is 7.91. The van der Waals surface area contributed by atoms with Gasteiger partial charge in [0.25, 0.3) is 0 Å².